The lowest BCUT2D eigenvalue weighted by Crippen LogP contribution is -2.26. The Morgan fingerprint density at radius 2 is 2.16 bits per heavy atom. The number of carbonyl (C=O) groups is 2. The average Bonchev–Trinajstić information content (AvgIpc) is 2.87. The Morgan fingerprint density at radius 1 is 1.40 bits per heavy atom. The monoisotopic (exact) mass is 358 g/mol. The molecule has 130 valence electrons. The number of aromatic nitrogens is 1. The van der Waals surface area contributed by atoms with Gasteiger partial charge in [0.05, 0.1) is 22.8 Å². The SMILES string of the molecule is CC(C)(C)C(=O)C=C1SCC(=O)N1Cc1cc(F)cc2cccnc12. The van der Waals surface area contributed by atoms with Crippen LogP contribution < -0.4 is 0 Å². The van der Waals surface area contributed by atoms with Gasteiger partial charge in [-0.3, -0.25) is 14.6 Å². The van der Waals surface area contributed by atoms with E-state index in [2.05, 4.69) is 4.98 Å². The normalized spacial score (nSPS) is 16.9. The summed E-state index contributed by atoms with van der Waals surface area (Å²) in [6.45, 7) is 5.70. The van der Waals surface area contributed by atoms with Crippen molar-refractivity contribution in [2.75, 3.05) is 5.75 Å². The number of hydrogen-bond acceptors (Lipinski definition) is 4. The van der Waals surface area contributed by atoms with Gasteiger partial charge in [-0.1, -0.05) is 38.6 Å². The quantitative estimate of drug-likeness (QED) is 0.781. The van der Waals surface area contributed by atoms with Gasteiger partial charge in [0.15, 0.2) is 5.78 Å². The summed E-state index contributed by atoms with van der Waals surface area (Å²) in [5.41, 5.74) is 0.772. The van der Waals surface area contributed by atoms with E-state index >= 15 is 0 Å². The molecule has 1 aliphatic heterocycles. The van der Waals surface area contributed by atoms with Gasteiger partial charge in [-0.2, -0.15) is 0 Å². The van der Waals surface area contributed by atoms with E-state index in [1.54, 1.807) is 18.3 Å². The fourth-order valence-electron chi connectivity index (χ4n) is 2.55. The number of fused-ring (bicyclic) bond motifs is 1. The third-order valence-corrected chi connectivity index (χ3v) is 5.01. The van der Waals surface area contributed by atoms with Crippen molar-refractivity contribution in [2.45, 2.75) is 27.3 Å². The highest BCUT2D eigenvalue weighted by Gasteiger charge is 2.30. The minimum atomic E-state index is -0.516. The molecule has 1 fully saturated rings. The number of rotatable bonds is 3. The molecule has 25 heavy (non-hydrogen) atoms. The van der Waals surface area contributed by atoms with Crippen molar-refractivity contribution in [2.24, 2.45) is 5.41 Å². The van der Waals surface area contributed by atoms with Gasteiger partial charge in [-0.25, -0.2) is 4.39 Å². The average molecular weight is 358 g/mol. The first-order valence-electron chi connectivity index (χ1n) is 7.98. The largest absolute Gasteiger partial charge is 0.301 e. The molecule has 0 N–H and O–H groups in total. The fourth-order valence-corrected chi connectivity index (χ4v) is 3.49. The van der Waals surface area contributed by atoms with Crippen LogP contribution in [0.25, 0.3) is 10.9 Å². The maximum atomic E-state index is 13.9. The Morgan fingerprint density at radius 3 is 2.88 bits per heavy atom. The molecule has 3 rings (SSSR count). The van der Waals surface area contributed by atoms with Crippen LogP contribution in [0.3, 0.4) is 0 Å². The highest BCUT2D eigenvalue weighted by molar-refractivity contribution is 8.04. The van der Waals surface area contributed by atoms with Gasteiger partial charge in [-0.05, 0) is 18.2 Å². The summed E-state index contributed by atoms with van der Waals surface area (Å²) < 4.78 is 13.9. The summed E-state index contributed by atoms with van der Waals surface area (Å²) in [6, 6.07) is 6.35. The van der Waals surface area contributed by atoms with Gasteiger partial charge >= 0.3 is 0 Å². The molecule has 4 nitrogen and oxygen atoms in total. The zero-order valence-electron chi connectivity index (χ0n) is 14.4. The first kappa shape index (κ1) is 17.6. The third-order valence-electron chi connectivity index (χ3n) is 3.98. The molecule has 0 aliphatic carbocycles. The second-order valence-electron chi connectivity index (χ2n) is 7.01. The maximum absolute atomic E-state index is 13.9. The molecular formula is C19H19FN2O2S. The first-order chi connectivity index (χ1) is 11.8. The van der Waals surface area contributed by atoms with E-state index in [0.29, 0.717) is 21.5 Å². The van der Waals surface area contributed by atoms with Crippen molar-refractivity contribution in [3.63, 3.8) is 0 Å². The first-order valence-corrected chi connectivity index (χ1v) is 8.97. The number of amides is 1. The zero-order valence-corrected chi connectivity index (χ0v) is 15.2. The summed E-state index contributed by atoms with van der Waals surface area (Å²) in [5, 5.41) is 1.30. The number of hydrogen-bond donors (Lipinski definition) is 0. The molecule has 0 unspecified atom stereocenters. The Bertz CT molecular complexity index is 887. The van der Waals surface area contributed by atoms with Crippen LogP contribution in [0.15, 0.2) is 41.6 Å². The Hall–Kier alpha value is -2.21. The second kappa shape index (κ2) is 6.59. The van der Waals surface area contributed by atoms with Gasteiger partial charge in [0.2, 0.25) is 5.91 Å². The molecule has 1 aliphatic rings. The predicted octanol–water partition coefficient (Wildman–Crippen LogP) is 3.91. The van der Waals surface area contributed by atoms with Crippen LogP contribution in [0, 0.1) is 11.2 Å². The summed E-state index contributed by atoms with van der Waals surface area (Å²) >= 11 is 1.33. The van der Waals surface area contributed by atoms with Crippen molar-refractivity contribution >= 4 is 34.4 Å². The van der Waals surface area contributed by atoms with Crippen molar-refractivity contribution in [1.82, 2.24) is 9.88 Å². The van der Waals surface area contributed by atoms with E-state index in [1.165, 1.54) is 34.9 Å². The third kappa shape index (κ3) is 3.74. The lowest BCUT2D eigenvalue weighted by molar-refractivity contribution is -0.125. The second-order valence-corrected chi connectivity index (χ2v) is 8.00. The smallest absolute Gasteiger partial charge is 0.238 e. The molecule has 0 saturated carbocycles. The van der Waals surface area contributed by atoms with Gasteiger partial charge in [-0.15, -0.1) is 0 Å². The lowest BCUT2D eigenvalue weighted by atomic mass is 9.91. The van der Waals surface area contributed by atoms with Crippen LogP contribution in [-0.4, -0.2) is 27.3 Å². The number of ketones is 1. The highest BCUT2D eigenvalue weighted by atomic mass is 32.2. The molecule has 0 bridgehead atoms. The van der Waals surface area contributed by atoms with Gasteiger partial charge in [0, 0.05) is 28.6 Å². The summed E-state index contributed by atoms with van der Waals surface area (Å²) in [7, 11) is 0. The summed E-state index contributed by atoms with van der Waals surface area (Å²) in [5.74, 6) is -0.224. The van der Waals surface area contributed by atoms with E-state index in [4.69, 9.17) is 0 Å². The number of pyridine rings is 1. The minimum absolute atomic E-state index is 0.0445. The van der Waals surface area contributed by atoms with Crippen molar-refractivity contribution in [3.8, 4) is 0 Å². The lowest BCUT2D eigenvalue weighted by Gasteiger charge is -2.20. The minimum Gasteiger partial charge on any atom is -0.301 e. The van der Waals surface area contributed by atoms with Crippen LogP contribution in [0.5, 0.6) is 0 Å². The summed E-state index contributed by atoms with van der Waals surface area (Å²) in [6.07, 6.45) is 3.16. The van der Waals surface area contributed by atoms with Crippen LogP contribution >= 0.6 is 11.8 Å². The number of allylic oxidation sites excluding steroid dienone is 1. The molecule has 0 spiro atoms. The van der Waals surface area contributed by atoms with Gasteiger partial charge < -0.3 is 4.90 Å². The number of nitrogens with zero attached hydrogens (tertiary/aromatic N) is 2. The van der Waals surface area contributed by atoms with Crippen LogP contribution in [0.1, 0.15) is 26.3 Å². The predicted molar refractivity (Wildman–Crippen MR) is 97.3 cm³/mol. The number of halogens is 1. The fraction of sp³-hybridized carbons (Fsp3) is 0.316. The molecule has 1 amide bonds. The molecule has 1 aromatic carbocycles. The van der Waals surface area contributed by atoms with Gasteiger partial charge in [0.25, 0.3) is 0 Å². The van der Waals surface area contributed by atoms with E-state index in [9.17, 15) is 14.0 Å². The standard InChI is InChI=1S/C19H19FN2O2S/c1-19(2,3)15(23)9-17-22(16(24)11-25-17)10-13-8-14(20)7-12-5-4-6-21-18(12)13/h4-9H,10-11H2,1-3H3. The van der Waals surface area contributed by atoms with Gasteiger partial charge in [0.1, 0.15) is 5.82 Å². The van der Waals surface area contributed by atoms with Crippen molar-refractivity contribution < 1.29 is 14.0 Å². The molecule has 0 radical (unpaired) electrons. The molecule has 2 aromatic rings. The summed E-state index contributed by atoms with van der Waals surface area (Å²) in [4.78, 5) is 30.4. The van der Waals surface area contributed by atoms with Crippen molar-refractivity contribution in [1.29, 1.82) is 0 Å². The Kier molecular flexibility index (Phi) is 4.64. The Labute approximate surface area is 150 Å². The number of thioether (sulfide) groups is 1. The van der Waals surface area contributed by atoms with Crippen LogP contribution in [-0.2, 0) is 16.1 Å². The van der Waals surface area contributed by atoms with E-state index in [1.807, 2.05) is 20.8 Å². The van der Waals surface area contributed by atoms with Crippen LogP contribution in [0.4, 0.5) is 4.39 Å². The van der Waals surface area contributed by atoms with Crippen molar-refractivity contribution in [3.05, 3.63) is 52.9 Å². The Balaban J connectivity index is 1.97. The molecule has 2 heterocycles. The highest BCUT2D eigenvalue weighted by Crippen LogP contribution is 2.33. The zero-order chi connectivity index (χ0) is 18.2. The maximum Gasteiger partial charge on any atom is 0.238 e. The molecule has 1 aromatic heterocycles. The molecular weight excluding hydrogens is 339 g/mol. The van der Waals surface area contributed by atoms with E-state index in [-0.39, 0.29) is 29.8 Å². The number of carbonyl (C=O) groups excluding carboxylic acids is 2. The topological polar surface area (TPSA) is 50.3 Å². The van der Waals surface area contributed by atoms with E-state index in [0.717, 1.165) is 0 Å². The number of benzene rings is 1. The van der Waals surface area contributed by atoms with E-state index < -0.39 is 5.41 Å². The van der Waals surface area contributed by atoms with Crippen LogP contribution in [0.2, 0.25) is 0 Å². The molecule has 0 atom stereocenters. The molecule has 6 heteroatoms. The molecule has 1 saturated heterocycles.